The smallest absolute Gasteiger partial charge is 0.302 e. The van der Waals surface area contributed by atoms with Crippen LogP contribution in [0, 0.1) is 45.8 Å². The van der Waals surface area contributed by atoms with E-state index in [1.165, 1.54) is 32.6 Å². The predicted octanol–water partition coefficient (Wildman–Crippen LogP) is 5.70. The van der Waals surface area contributed by atoms with Gasteiger partial charge in [-0.15, -0.1) is 0 Å². The highest BCUT2D eigenvalue weighted by molar-refractivity contribution is 5.84. The molecule has 0 amide bonds. The van der Waals surface area contributed by atoms with Gasteiger partial charge in [-0.3, -0.25) is 9.59 Å². The summed E-state index contributed by atoms with van der Waals surface area (Å²) in [6, 6.07) is 0. The number of carbonyl (C=O) groups excluding carboxylic acids is 2. The topological polar surface area (TPSA) is 63.6 Å². The second-order valence-corrected chi connectivity index (χ2v) is 13.0. The van der Waals surface area contributed by atoms with E-state index in [1.807, 2.05) is 6.92 Å². The molecule has 5 saturated carbocycles. The van der Waals surface area contributed by atoms with Gasteiger partial charge in [-0.05, 0) is 98.7 Å². The summed E-state index contributed by atoms with van der Waals surface area (Å²) in [5.74, 6) is 2.67. The minimum Gasteiger partial charge on any atom is -0.462 e. The normalized spacial score (nSPS) is 54.6. The molecular formula is C28H44O4. The van der Waals surface area contributed by atoms with Gasteiger partial charge in [-0.1, -0.05) is 33.6 Å². The van der Waals surface area contributed by atoms with E-state index >= 15 is 0 Å². The van der Waals surface area contributed by atoms with Gasteiger partial charge in [-0.2, -0.15) is 0 Å². The molecule has 5 aliphatic carbocycles. The first-order valence-corrected chi connectivity index (χ1v) is 13.4. The van der Waals surface area contributed by atoms with Gasteiger partial charge in [0.15, 0.2) is 0 Å². The molecule has 0 saturated heterocycles. The lowest BCUT2D eigenvalue weighted by Gasteiger charge is -2.66. The molecule has 0 aromatic rings. The van der Waals surface area contributed by atoms with Gasteiger partial charge in [-0.25, -0.2) is 0 Å². The Hall–Kier alpha value is -0.900. The van der Waals surface area contributed by atoms with Crippen molar-refractivity contribution in [3.63, 3.8) is 0 Å². The Morgan fingerprint density at radius 2 is 1.62 bits per heavy atom. The molecule has 1 N–H and O–H groups in total. The highest BCUT2D eigenvalue weighted by atomic mass is 16.5. The number of rotatable bonds is 2. The van der Waals surface area contributed by atoms with Crippen LogP contribution in [-0.4, -0.2) is 28.6 Å². The Morgan fingerprint density at radius 3 is 2.31 bits per heavy atom. The molecule has 0 aromatic carbocycles. The van der Waals surface area contributed by atoms with E-state index in [0.29, 0.717) is 35.9 Å². The Bertz CT molecular complexity index is 807. The molecule has 5 fully saturated rings. The Balaban J connectivity index is 1.49. The van der Waals surface area contributed by atoms with Crippen LogP contribution in [-0.2, 0) is 14.3 Å². The molecule has 0 aromatic heterocycles. The number of carbonyl (C=O) groups is 2. The van der Waals surface area contributed by atoms with Gasteiger partial charge in [0.1, 0.15) is 11.9 Å². The number of hydrogen-bond acceptors (Lipinski definition) is 4. The van der Waals surface area contributed by atoms with Crippen molar-refractivity contribution in [2.45, 2.75) is 117 Å². The van der Waals surface area contributed by atoms with Crippen LogP contribution >= 0.6 is 0 Å². The first-order valence-electron chi connectivity index (χ1n) is 13.4. The summed E-state index contributed by atoms with van der Waals surface area (Å²) in [6.07, 6.45) is 11.5. The zero-order valence-corrected chi connectivity index (χ0v) is 20.9. The Morgan fingerprint density at radius 1 is 0.906 bits per heavy atom. The maximum absolute atomic E-state index is 13.3. The minimum absolute atomic E-state index is 0.105. The van der Waals surface area contributed by atoms with Gasteiger partial charge < -0.3 is 9.84 Å². The van der Waals surface area contributed by atoms with Crippen molar-refractivity contribution in [2.24, 2.45) is 45.8 Å². The van der Waals surface area contributed by atoms with Crippen LogP contribution in [0.1, 0.15) is 105 Å². The third-order valence-electron chi connectivity index (χ3n) is 12.2. The van der Waals surface area contributed by atoms with Gasteiger partial charge in [0, 0.05) is 18.8 Å². The van der Waals surface area contributed by atoms with Crippen molar-refractivity contribution < 1.29 is 19.4 Å². The molecule has 5 rings (SSSR count). The summed E-state index contributed by atoms with van der Waals surface area (Å²) in [6.45, 7) is 10.4. The highest BCUT2D eigenvalue weighted by Gasteiger charge is 2.72. The number of hydrogen-bond donors (Lipinski definition) is 1. The molecule has 10 atom stereocenters. The van der Waals surface area contributed by atoms with Gasteiger partial charge in [0.2, 0.25) is 0 Å². The molecule has 5 aliphatic rings. The number of ketones is 1. The van der Waals surface area contributed by atoms with Crippen LogP contribution < -0.4 is 0 Å². The van der Waals surface area contributed by atoms with E-state index in [-0.39, 0.29) is 34.2 Å². The van der Waals surface area contributed by atoms with Crippen molar-refractivity contribution in [1.29, 1.82) is 0 Å². The maximum atomic E-state index is 13.3. The van der Waals surface area contributed by atoms with Crippen LogP contribution in [0.5, 0.6) is 0 Å². The van der Waals surface area contributed by atoms with Crippen molar-refractivity contribution in [3.8, 4) is 0 Å². The summed E-state index contributed by atoms with van der Waals surface area (Å²) in [5.41, 5.74) is -0.897. The van der Waals surface area contributed by atoms with Crippen molar-refractivity contribution >= 4 is 11.8 Å². The average Bonchev–Trinajstić information content (AvgIpc) is 3.00. The predicted molar refractivity (Wildman–Crippen MR) is 124 cm³/mol. The maximum Gasteiger partial charge on any atom is 0.302 e. The molecule has 4 nitrogen and oxygen atoms in total. The van der Waals surface area contributed by atoms with Crippen LogP contribution in [0.4, 0.5) is 0 Å². The van der Waals surface area contributed by atoms with Crippen LogP contribution in [0.15, 0.2) is 0 Å². The highest BCUT2D eigenvalue weighted by Crippen LogP contribution is 2.75. The fraction of sp³-hybridized carbons (Fsp3) is 0.929. The van der Waals surface area contributed by atoms with E-state index in [2.05, 4.69) is 20.8 Å². The van der Waals surface area contributed by atoms with Crippen LogP contribution in [0.3, 0.4) is 0 Å². The lowest BCUT2D eigenvalue weighted by molar-refractivity contribution is -0.248. The van der Waals surface area contributed by atoms with Crippen LogP contribution in [0.25, 0.3) is 0 Å². The molecule has 0 heterocycles. The summed E-state index contributed by atoms with van der Waals surface area (Å²) in [4.78, 5) is 24.9. The van der Waals surface area contributed by atoms with E-state index in [1.54, 1.807) is 0 Å². The molecule has 4 heteroatoms. The van der Waals surface area contributed by atoms with E-state index < -0.39 is 5.60 Å². The zero-order valence-electron chi connectivity index (χ0n) is 20.9. The summed E-state index contributed by atoms with van der Waals surface area (Å²) in [7, 11) is 0. The number of Topliss-reactive ketones (excluding diaryl/α,β-unsaturated/α-hetero) is 1. The Kier molecular flexibility index (Phi) is 5.22. The third kappa shape index (κ3) is 2.71. The van der Waals surface area contributed by atoms with E-state index in [4.69, 9.17) is 4.74 Å². The average molecular weight is 445 g/mol. The standard InChI is InChI=1S/C28H44O4/c1-17-14-22-23(26(5)12-9-21(32-19(3)30)16-28(17,26)31)10-13-25(4)24(22)15-20-8-6-7-11-27(20,25)18(2)29/h17,20-24,31H,6-16H2,1-5H3/t17-,20+,21-,22+,23+,24-,25-,26+,27-,28-/m0/s1. The molecule has 32 heavy (non-hydrogen) atoms. The summed E-state index contributed by atoms with van der Waals surface area (Å²) in [5, 5.41) is 12.1. The monoisotopic (exact) mass is 444 g/mol. The van der Waals surface area contributed by atoms with Crippen LogP contribution in [0.2, 0.25) is 0 Å². The number of esters is 1. The van der Waals surface area contributed by atoms with Crippen molar-refractivity contribution in [1.82, 2.24) is 0 Å². The first kappa shape index (κ1) is 22.9. The third-order valence-corrected chi connectivity index (χ3v) is 12.2. The zero-order chi connectivity index (χ0) is 23.1. The largest absolute Gasteiger partial charge is 0.462 e. The summed E-state index contributed by atoms with van der Waals surface area (Å²) >= 11 is 0. The minimum atomic E-state index is -0.774. The fourth-order valence-corrected chi connectivity index (χ4v) is 10.8. The molecule has 0 spiro atoms. The SMILES string of the molecule is CC(=O)O[C@H]1CC[C@]2(C)[C@@H]3CC[C@@]4(C)[C@@H](C[C@H]5CCCC[C@]54C(C)=O)[C@@H]3C[C@H](C)[C@@]2(O)C1. The molecule has 0 unspecified atom stereocenters. The van der Waals surface area contributed by atoms with Gasteiger partial charge in [0.05, 0.1) is 5.60 Å². The number of fused-ring (bicyclic) bond motifs is 7. The first-order chi connectivity index (χ1) is 15.0. The molecule has 0 aliphatic heterocycles. The Labute approximate surface area is 194 Å². The molecule has 180 valence electrons. The van der Waals surface area contributed by atoms with Crippen molar-refractivity contribution in [2.75, 3.05) is 0 Å². The second kappa shape index (κ2) is 7.30. The quantitative estimate of drug-likeness (QED) is 0.555. The van der Waals surface area contributed by atoms with Crippen molar-refractivity contribution in [3.05, 3.63) is 0 Å². The lowest BCUT2D eigenvalue weighted by Crippen LogP contribution is -2.66. The molecule has 0 bridgehead atoms. The van der Waals surface area contributed by atoms with E-state index in [9.17, 15) is 14.7 Å². The molecular weight excluding hydrogens is 400 g/mol. The van der Waals surface area contributed by atoms with Gasteiger partial charge >= 0.3 is 5.97 Å². The van der Waals surface area contributed by atoms with Gasteiger partial charge in [0.25, 0.3) is 0 Å². The lowest BCUT2D eigenvalue weighted by atomic mass is 9.40. The van der Waals surface area contributed by atoms with E-state index in [0.717, 1.165) is 38.5 Å². The molecule has 0 radical (unpaired) electrons. The number of ether oxygens (including phenoxy) is 1. The fourth-order valence-electron chi connectivity index (χ4n) is 10.8. The second-order valence-electron chi connectivity index (χ2n) is 13.0. The summed E-state index contributed by atoms with van der Waals surface area (Å²) < 4.78 is 5.59. The number of aliphatic hydroxyl groups is 1.